The van der Waals surface area contributed by atoms with Crippen LogP contribution in [-0.2, 0) is 9.59 Å². The molecular formula is C13H23N3O4. The maximum absolute atomic E-state index is 11.3. The van der Waals surface area contributed by atoms with E-state index in [2.05, 4.69) is 16.0 Å². The van der Waals surface area contributed by atoms with Crippen molar-refractivity contribution in [1.29, 1.82) is 0 Å². The zero-order chi connectivity index (χ0) is 14.8. The molecular weight excluding hydrogens is 262 g/mol. The molecule has 0 aromatic rings. The number of urea groups is 1. The highest BCUT2D eigenvalue weighted by Crippen LogP contribution is 2.18. The fourth-order valence-electron chi connectivity index (χ4n) is 1.64. The predicted molar refractivity (Wildman–Crippen MR) is 73.3 cm³/mol. The number of carbonyl (C=O) groups is 3. The highest BCUT2D eigenvalue weighted by molar-refractivity contribution is 5.77. The molecule has 0 aliphatic heterocycles. The van der Waals surface area contributed by atoms with Gasteiger partial charge in [-0.25, -0.2) is 4.79 Å². The fourth-order valence-corrected chi connectivity index (χ4v) is 1.64. The van der Waals surface area contributed by atoms with Crippen molar-refractivity contribution in [3.8, 4) is 0 Å². The first-order valence-electron chi connectivity index (χ1n) is 7.11. The summed E-state index contributed by atoms with van der Waals surface area (Å²) in [4.78, 5) is 32.9. The lowest BCUT2D eigenvalue weighted by atomic mass is 10.2. The van der Waals surface area contributed by atoms with Gasteiger partial charge in [-0.15, -0.1) is 0 Å². The van der Waals surface area contributed by atoms with Gasteiger partial charge >= 0.3 is 12.0 Å². The molecule has 0 aromatic heterocycles. The van der Waals surface area contributed by atoms with Crippen LogP contribution in [-0.4, -0.2) is 42.1 Å². The number of rotatable bonds is 10. The van der Waals surface area contributed by atoms with E-state index in [1.807, 2.05) is 0 Å². The molecule has 1 rings (SSSR count). The lowest BCUT2D eigenvalue weighted by Crippen LogP contribution is -2.37. The second-order valence-corrected chi connectivity index (χ2v) is 4.98. The Balaban J connectivity index is 1.86. The van der Waals surface area contributed by atoms with E-state index in [1.54, 1.807) is 0 Å². The molecule has 0 unspecified atom stereocenters. The summed E-state index contributed by atoms with van der Waals surface area (Å²) in [5, 5.41) is 16.6. The maximum atomic E-state index is 11.3. The third-order valence-electron chi connectivity index (χ3n) is 2.91. The molecule has 7 heteroatoms. The number of hydrogen-bond acceptors (Lipinski definition) is 3. The highest BCUT2D eigenvalue weighted by atomic mass is 16.4. The second-order valence-electron chi connectivity index (χ2n) is 4.98. The van der Waals surface area contributed by atoms with Gasteiger partial charge < -0.3 is 21.1 Å². The van der Waals surface area contributed by atoms with Gasteiger partial charge in [0.2, 0.25) is 5.91 Å². The second kappa shape index (κ2) is 9.17. The van der Waals surface area contributed by atoms with Crippen LogP contribution in [0.1, 0.15) is 44.9 Å². The van der Waals surface area contributed by atoms with E-state index < -0.39 is 5.97 Å². The standard InChI is InChI=1S/C13H23N3O4/c17-11(16-10-6-7-10)4-3-9-15-13(20)14-8-2-1-5-12(18)19/h10H,1-9H2,(H,16,17)(H,18,19)(H2,14,15,20). The summed E-state index contributed by atoms with van der Waals surface area (Å²) in [7, 11) is 0. The maximum Gasteiger partial charge on any atom is 0.314 e. The van der Waals surface area contributed by atoms with Crippen LogP contribution in [0.15, 0.2) is 0 Å². The molecule has 0 heterocycles. The Morgan fingerprint density at radius 2 is 1.60 bits per heavy atom. The van der Waals surface area contributed by atoms with Crippen molar-refractivity contribution < 1.29 is 19.5 Å². The van der Waals surface area contributed by atoms with Crippen LogP contribution in [0.5, 0.6) is 0 Å². The Bertz CT molecular complexity index is 343. The zero-order valence-electron chi connectivity index (χ0n) is 11.6. The van der Waals surface area contributed by atoms with Gasteiger partial charge in [0.1, 0.15) is 0 Å². The Morgan fingerprint density at radius 1 is 0.950 bits per heavy atom. The van der Waals surface area contributed by atoms with Gasteiger partial charge in [0.15, 0.2) is 0 Å². The third-order valence-corrected chi connectivity index (χ3v) is 2.91. The first kappa shape index (κ1) is 16.3. The van der Waals surface area contributed by atoms with E-state index in [0.717, 1.165) is 12.8 Å². The lowest BCUT2D eigenvalue weighted by molar-refractivity contribution is -0.137. The topological polar surface area (TPSA) is 108 Å². The molecule has 7 nitrogen and oxygen atoms in total. The van der Waals surface area contributed by atoms with Crippen LogP contribution in [0, 0.1) is 0 Å². The number of aliphatic carboxylic acids is 1. The average Bonchev–Trinajstić information content (AvgIpc) is 3.17. The van der Waals surface area contributed by atoms with Gasteiger partial charge in [-0.1, -0.05) is 0 Å². The smallest absolute Gasteiger partial charge is 0.314 e. The Morgan fingerprint density at radius 3 is 2.20 bits per heavy atom. The number of amides is 3. The summed E-state index contributed by atoms with van der Waals surface area (Å²) in [5.74, 6) is -0.776. The minimum Gasteiger partial charge on any atom is -0.481 e. The van der Waals surface area contributed by atoms with Gasteiger partial charge in [0.25, 0.3) is 0 Å². The molecule has 0 bridgehead atoms. The molecule has 4 N–H and O–H groups in total. The number of carbonyl (C=O) groups excluding carboxylic acids is 2. The first-order valence-corrected chi connectivity index (χ1v) is 7.11. The molecule has 0 aromatic carbocycles. The van der Waals surface area contributed by atoms with E-state index in [9.17, 15) is 14.4 Å². The van der Waals surface area contributed by atoms with Crippen LogP contribution in [0.2, 0.25) is 0 Å². The van der Waals surface area contributed by atoms with Crippen LogP contribution in [0.25, 0.3) is 0 Å². The molecule has 0 spiro atoms. The molecule has 1 aliphatic carbocycles. The summed E-state index contributed by atoms with van der Waals surface area (Å²) >= 11 is 0. The van der Waals surface area contributed by atoms with E-state index in [-0.39, 0.29) is 18.4 Å². The van der Waals surface area contributed by atoms with Crippen LogP contribution in [0.3, 0.4) is 0 Å². The number of carboxylic acid groups (broad SMARTS) is 1. The molecule has 0 saturated heterocycles. The average molecular weight is 285 g/mol. The van der Waals surface area contributed by atoms with Crippen molar-refractivity contribution in [1.82, 2.24) is 16.0 Å². The minimum absolute atomic E-state index is 0.0448. The van der Waals surface area contributed by atoms with E-state index in [4.69, 9.17) is 5.11 Å². The third kappa shape index (κ3) is 9.18. The van der Waals surface area contributed by atoms with E-state index in [1.165, 1.54) is 0 Å². The number of hydrogen-bond donors (Lipinski definition) is 4. The van der Waals surface area contributed by atoms with Crippen LogP contribution in [0.4, 0.5) is 4.79 Å². The van der Waals surface area contributed by atoms with Crippen molar-refractivity contribution in [3.63, 3.8) is 0 Å². The summed E-state index contributed by atoms with van der Waals surface area (Å²) in [5.41, 5.74) is 0. The van der Waals surface area contributed by atoms with Crippen LogP contribution >= 0.6 is 0 Å². The summed E-state index contributed by atoms with van der Waals surface area (Å²) in [6.07, 6.45) is 4.52. The Hall–Kier alpha value is -1.79. The van der Waals surface area contributed by atoms with Gasteiger partial charge in [0, 0.05) is 32.0 Å². The zero-order valence-corrected chi connectivity index (χ0v) is 11.6. The predicted octanol–water partition coefficient (Wildman–Crippen LogP) is 0.599. The van der Waals surface area contributed by atoms with Crippen molar-refractivity contribution in [2.24, 2.45) is 0 Å². The number of carboxylic acids is 1. The van der Waals surface area contributed by atoms with Crippen molar-refractivity contribution in [2.75, 3.05) is 13.1 Å². The molecule has 20 heavy (non-hydrogen) atoms. The monoisotopic (exact) mass is 285 g/mol. The van der Waals surface area contributed by atoms with Gasteiger partial charge in [0.05, 0.1) is 0 Å². The fraction of sp³-hybridized carbons (Fsp3) is 0.769. The molecule has 114 valence electrons. The number of nitrogens with one attached hydrogen (secondary N) is 3. The summed E-state index contributed by atoms with van der Waals surface area (Å²) in [6.45, 7) is 0.917. The molecule has 0 atom stereocenters. The van der Waals surface area contributed by atoms with Crippen molar-refractivity contribution in [2.45, 2.75) is 51.0 Å². The molecule has 1 saturated carbocycles. The molecule has 1 fully saturated rings. The van der Waals surface area contributed by atoms with Gasteiger partial charge in [-0.3, -0.25) is 9.59 Å². The lowest BCUT2D eigenvalue weighted by Gasteiger charge is -2.07. The summed E-state index contributed by atoms with van der Waals surface area (Å²) in [6, 6.07) is 0.104. The highest BCUT2D eigenvalue weighted by Gasteiger charge is 2.22. The minimum atomic E-state index is -0.820. The molecule has 3 amide bonds. The molecule has 1 aliphatic rings. The Labute approximate surface area is 118 Å². The quantitative estimate of drug-likeness (QED) is 0.441. The number of unbranched alkanes of at least 4 members (excludes halogenated alkanes) is 1. The van der Waals surface area contributed by atoms with Crippen molar-refractivity contribution >= 4 is 17.9 Å². The van der Waals surface area contributed by atoms with Crippen LogP contribution < -0.4 is 16.0 Å². The van der Waals surface area contributed by atoms with Gasteiger partial charge in [-0.2, -0.15) is 0 Å². The molecule has 0 radical (unpaired) electrons. The Kier molecular flexibility index (Phi) is 7.46. The van der Waals surface area contributed by atoms with E-state index in [0.29, 0.717) is 44.8 Å². The SMILES string of the molecule is O=C(O)CCCCNC(=O)NCCCC(=O)NC1CC1. The summed E-state index contributed by atoms with van der Waals surface area (Å²) < 4.78 is 0. The van der Waals surface area contributed by atoms with E-state index >= 15 is 0 Å². The largest absolute Gasteiger partial charge is 0.481 e. The van der Waals surface area contributed by atoms with Gasteiger partial charge in [-0.05, 0) is 32.1 Å². The first-order chi connectivity index (χ1) is 9.58. The normalized spacial score (nSPS) is 13.6. The van der Waals surface area contributed by atoms with Crippen molar-refractivity contribution in [3.05, 3.63) is 0 Å².